The summed E-state index contributed by atoms with van der Waals surface area (Å²) in [5, 5.41) is 3.90. The van der Waals surface area contributed by atoms with Gasteiger partial charge in [-0.1, -0.05) is 40.9 Å². The van der Waals surface area contributed by atoms with Crippen molar-refractivity contribution in [2.24, 2.45) is 0 Å². The molecule has 0 radical (unpaired) electrons. The largest absolute Gasteiger partial charge is 0.466 e. The number of amides is 1. The van der Waals surface area contributed by atoms with E-state index in [0.717, 1.165) is 5.56 Å². The van der Waals surface area contributed by atoms with Crippen molar-refractivity contribution in [1.29, 1.82) is 0 Å². The van der Waals surface area contributed by atoms with Gasteiger partial charge < -0.3 is 14.8 Å². The molecule has 5 nitrogen and oxygen atoms in total. The van der Waals surface area contributed by atoms with Crippen LogP contribution in [0.3, 0.4) is 0 Å². The zero-order valence-corrected chi connectivity index (χ0v) is 18.7. The summed E-state index contributed by atoms with van der Waals surface area (Å²) in [7, 11) is 0. The summed E-state index contributed by atoms with van der Waals surface area (Å²) >= 11 is 18.2. The highest BCUT2D eigenvalue weighted by Crippen LogP contribution is 2.31. The van der Waals surface area contributed by atoms with Crippen LogP contribution >= 0.6 is 34.8 Å². The molecule has 0 aliphatic rings. The van der Waals surface area contributed by atoms with E-state index in [9.17, 15) is 9.59 Å². The molecule has 0 heterocycles. The van der Waals surface area contributed by atoms with Gasteiger partial charge in [-0.2, -0.15) is 0 Å². The predicted octanol–water partition coefficient (Wildman–Crippen LogP) is 6.80. The fourth-order valence-corrected chi connectivity index (χ4v) is 3.50. The highest BCUT2D eigenvalue weighted by molar-refractivity contribution is 6.35. The lowest BCUT2D eigenvalue weighted by Gasteiger charge is -2.11. The first-order valence-corrected chi connectivity index (χ1v) is 10.5. The monoisotopic (exact) mass is 477 g/mol. The average molecular weight is 479 g/mol. The Morgan fingerprint density at radius 1 is 0.903 bits per heavy atom. The number of hydrogen-bond donors (Lipinski definition) is 1. The highest BCUT2D eigenvalue weighted by atomic mass is 35.5. The zero-order valence-electron chi connectivity index (χ0n) is 16.5. The van der Waals surface area contributed by atoms with Gasteiger partial charge in [0.15, 0.2) is 0 Å². The average Bonchev–Trinajstić information content (AvgIpc) is 2.71. The fourth-order valence-electron chi connectivity index (χ4n) is 2.74. The van der Waals surface area contributed by atoms with Crippen LogP contribution in [-0.4, -0.2) is 18.5 Å². The number of carbonyl (C=O) groups excluding carboxylic acids is 2. The minimum atomic E-state index is -0.335. The molecule has 0 atom stereocenters. The number of rotatable bonds is 7. The molecule has 1 N–H and O–H groups in total. The number of benzene rings is 3. The van der Waals surface area contributed by atoms with Crippen LogP contribution in [0.2, 0.25) is 15.1 Å². The maximum atomic E-state index is 12.4. The van der Waals surface area contributed by atoms with Crippen molar-refractivity contribution in [2.45, 2.75) is 13.3 Å². The first-order chi connectivity index (χ1) is 14.8. The number of anilines is 1. The molecule has 3 rings (SSSR count). The number of halogens is 3. The van der Waals surface area contributed by atoms with Crippen LogP contribution in [0, 0.1) is 0 Å². The molecular weight excluding hydrogens is 461 g/mol. The first kappa shape index (κ1) is 22.9. The Morgan fingerprint density at radius 2 is 1.58 bits per heavy atom. The summed E-state index contributed by atoms with van der Waals surface area (Å²) in [6.45, 7) is 2.09. The molecule has 160 valence electrons. The van der Waals surface area contributed by atoms with E-state index in [1.165, 1.54) is 12.1 Å². The molecule has 8 heteroatoms. The molecule has 0 bridgehead atoms. The molecule has 3 aromatic rings. The van der Waals surface area contributed by atoms with Crippen molar-refractivity contribution in [3.05, 3.63) is 86.9 Å². The second-order valence-electron chi connectivity index (χ2n) is 6.49. The third-order valence-corrected chi connectivity index (χ3v) is 4.85. The maximum absolute atomic E-state index is 12.4. The van der Waals surface area contributed by atoms with Gasteiger partial charge in [0.2, 0.25) is 0 Å². The minimum Gasteiger partial charge on any atom is -0.466 e. The van der Waals surface area contributed by atoms with E-state index in [0.29, 0.717) is 44.4 Å². The highest BCUT2D eigenvalue weighted by Gasteiger charge is 2.11. The molecule has 0 aromatic heterocycles. The topological polar surface area (TPSA) is 64.6 Å². The Morgan fingerprint density at radius 3 is 2.19 bits per heavy atom. The number of nitrogens with one attached hydrogen (secondary N) is 1. The summed E-state index contributed by atoms with van der Waals surface area (Å²) in [4.78, 5) is 24.0. The Hall–Kier alpha value is -2.73. The number of ether oxygens (including phenoxy) is 2. The zero-order chi connectivity index (χ0) is 22.4. The Bertz CT molecular complexity index is 1080. The van der Waals surface area contributed by atoms with Gasteiger partial charge in [-0.3, -0.25) is 9.59 Å². The van der Waals surface area contributed by atoms with Gasteiger partial charge in [0, 0.05) is 21.3 Å². The molecule has 0 aliphatic carbocycles. The lowest BCUT2D eigenvalue weighted by molar-refractivity contribution is -0.142. The van der Waals surface area contributed by atoms with Crippen LogP contribution in [0.15, 0.2) is 60.7 Å². The number of carbonyl (C=O) groups is 2. The lowest BCUT2D eigenvalue weighted by Crippen LogP contribution is -2.11. The Labute approximate surface area is 194 Å². The van der Waals surface area contributed by atoms with Crippen molar-refractivity contribution >= 4 is 52.4 Å². The van der Waals surface area contributed by atoms with Crippen molar-refractivity contribution in [3.63, 3.8) is 0 Å². The van der Waals surface area contributed by atoms with Crippen LogP contribution in [0.25, 0.3) is 0 Å². The smallest absolute Gasteiger partial charge is 0.310 e. The van der Waals surface area contributed by atoms with Gasteiger partial charge in [-0.25, -0.2) is 0 Å². The van der Waals surface area contributed by atoms with Crippen LogP contribution < -0.4 is 10.1 Å². The van der Waals surface area contributed by atoms with Gasteiger partial charge in [0.1, 0.15) is 11.5 Å². The molecular formula is C23H18Cl3NO4. The second-order valence-corrected chi connectivity index (χ2v) is 7.77. The summed E-state index contributed by atoms with van der Waals surface area (Å²) in [6, 6.07) is 16.5. The van der Waals surface area contributed by atoms with E-state index in [1.54, 1.807) is 55.5 Å². The van der Waals surface area contributed by atoms with Crippen LogP contribution in [-0.2, 0) is 16.0 Å². The lowest BCUT2D eigenvalue weighted by atomic mass is 10.1. The molecule has 0 saturated heterocycles. The van der Waals surface area contributed by atoms with E-state index in [-0.39, 0.29) is 18.3 Å². The van der Waals surface area contributed by atoms with Crippen LogP contribution in [0.5, 0.6) is 11.5 Å². The normalized spacial score (nSPS) is 10.5. The van der Waals surface area contributed by atoms with E-state index < -0.39 is 0 Å². The van der Waals surface area contributed by atoms with Gasteiger partial charge >= 0.3 is 5.97 Å². The Balaban J connectivity index is 1.64. The summed E-state index contributed by atoms with van der Waals surface area (Å²) in [5.74, 6) is 0.326. The summed E-state index contributed by atoms with van der Waals surface area (Å²) < 4.78 is 10.7. The van der Waals surface area contributed by atoms with E-state index in [4.69, 9.17) is 44.3 Å². The third kappa shape index (κ3) is 6.62. The van der Waals surface area contributed by atoms with Gasteiger partial charge in [0.05, 0.1) is 18.1 Å². The fraction of sp³-hybridized carbons (Fsp3) is 0.130. The Kier molecular flexibility index (Phi) is 7.80. The molecule has 0 fully saturated rings. The molecule has 0 unspecified atom stereocenters. The van der Waals surface area contributed by atoms with Gasteiger partial charge in [-0.05, 0) is 67.1 Å². The van der Waals surface area contributed by atoms with Crippen LogP contribution in [0.1, 0.15) is 22.8 Å². The molecule has 31 heavy (non-hydrogen) atoms. The second kappa shape index (κ2) is 10.5. The first-order valence-electron chi connectivity index (χ1n) is 9.33. The van der Waals surface area contributed by atoms with Crippen molar-refractivity contribution in [1.82, 2.24) is 0 Å². The predicted molar refractivity (Wildman–Crippen MR) is 123 cm³/mol. The SMILES string of the molecule is CCOC(=O)Cc1ccc(Oc2ccc(NC(=O)c3cc(Cl)cc(Cl)c3)cc2)c(Cl)c1. The molecule has 0 spiro atoms. The number of hydrogen-bond acceptors (Lipinski definition) is 4. The van der Waals surface area contributed by atoms with E-state index in [2.05, 4.69) is 5.32 Å². The van der Waals surface area contributed by atoms with Crippen molar-refractivity contribution in [2.75, 3.05) is 11.9 Å². The third-order valence-electron chi connectivity index (χ3n) is 4.11. The summed E-state index contributed by atoms with van der Waals surface area (Å²) in [6.07, 6.45) is 0.139. The van der Waals surface area contributed by atoms with E-state index in [1.807, 2.05) is 0 Å². The standard InChI is InChI=1S/C23H18Cl3NO4/c1-2-30-22(28)10-14-3-8-21(20(26)9-14)31-19-6-4-18(5-7-19)27-23(29)15-11-16(24)13-17(25)12-15/h3-9,11-13H,2,10H2,1H3,(H,27,29). The minimum absolute atomic E-state index is 0.139. The van der Waals surface area contributed by atoms with Gasteiger partial charge in [-0.15, -0.1) is 0 Å². The molecule has 0 saturated carbocycles. The molecule has 1 amide bonds. The van der Waals surface area contributed by atoms with Crippen molar-refractivity contribution in [3.8, 4) is 11.5 Å². The van der Waals surface area contributed by atoms with Crippen LogP contribution in [0.4, 0.5) is 5.69 Å². The number of esters is 1. The quantitative estimate of drug-likeness (QED) is 0.379. The summed E-state index contributed by atoms with van der Waals surface area (Å²) in [5.41, 5.74) is 1.66. The molecule has 0 aliphatic heterocycles. The van der Waals surface area contributed by atoms with Crippen molar-refractivity contribution < 1.29 is 19.1 Å². The molecule has 3 aromatic carbocycles. The maximum Gasteiger partial charge on any atom is 0.310 e. The van der Waals surface area contributed by atoms with Gasteiger partial charge in [0.25, 0.3) is 5.91 Å². The van der Waals surface area contributed by atoms with E-state index >= 15 is 0 Å².